The lowest BCUT2D eigenvalue weighted by molar-refractivity contribution is 0.560. The minimum atomic E-state index is -2.25. The van der Waals surface area contributed by atoms with Gasteiger partial charge in [0, 0.05) is 27.5 Å². The van der Waals surface area contributed by atoms with Crippen LogP contribution >= 0.6 is 10.3 Å². The molecule has 0 aliphatic carbocycles. The van der Waals surface area contributed by atoms with Crippen LogP contribution in [0.1, 0.15) is 46.7 Å². The molecule has 0 fully saturated rings. The number of hydrogen-bond donors (Lipinski definition) is 0. The third kappa shape index (κ3) is 4.59. The predicted molar refractivity (Wildman–Crippen MR) is 220 cm³/mol. The van der Waals surface area contributed by atoms with Crippen molar-refractivity contribution in [2.45, 2.75) is 0 Å². The van der Waals surface area contributed by atoms with E-state index in [4.69, 9.17) is 36.8 Å². The van der Waals surface area contributed by atoms with Gasteiger partial charge in [-0.25, -0.2) is 0 Å². The van der Waals surface area contributed by atoms with Crippen molar-refractivity contribution in [1.29, 1.82) is 0 Å². The number of nitrogens with zero attached hydrogens (tertiary/aromatic N) is 1. The standard InChI is InChI=1S/C47H30BNO2S/c1-2-12-31(13-3-1)32-14-10-15-33(26-32)35-24-25-52-46(30-35)50-45-29-36(28-41-40-20-6-9-23-44(40)51-48(52)47(41)45)34-16-11-17-37(27-34)49-42-21-7-4-18-38(42)39-19-5-8-22-43(39)49/h1-30H/i1D,2D,3D,4D,5D,6D,7D,8D,9D,10D,11D,12D,13D,14D,15D,16D,17D,18D,19D,20D,21D,22D,23D,24D,25D,26D,27D,28D,29D,30D. The summed E-state index contributed by atoms with van der Waals surface area (Å²) in [5, 5.41) is -2.52. The van der Waals surface area contributed by atoms with Gasteiger partial charge in [-0.3, -0.25) is 0 Å². The second-order valence-corrected chi connectivity index (χ2v) is 12.8. The monoisotopic (exact) mass is 713 g/mol. The first kappa shape index (κ1) is 12.4. The van der Waals surface area contributed by atoms with Crippen LogP contribution in [-0.2, 0) is 0 Å². The van der Waals surface area contributed by atoms with Crippen molar-refractivity contribution >= 4 is 54.4 Å². The molecule has 5 heteroatoms. The summed E-state index contributed by atoms with van der Waals surface area (Å²) in [7, 11) is -2.25. The van der Waals surface area contributed by atoms with Gasteiger partial charge in [0.05, 0.1) is 52.2 Å². The molecule has 3 aliphatic rings. The molecule has 4 heterocycles. The van der Waals surface area contributed by atoms with Crippen molar-refractivity contribution in [3.05, 3.63) is 186 Å². The number of allylic oxidation sites excluding steroid dienone is 2. The number of fused-ring (bicyclic) bond motifs is 6. The average molecular weight is 714 g/mol. The molecule has 3 aliphatic heterocycles. The number of hydrogen-bond acceptors (Lipinski definition) is 2. The molecule has 1 atom stereocenters. The molecule has 1 aromatic heterocycles. The molecular formula is C47H30BNO2S. The molecule has 0 radical (unpaired) electrons. The zero-order valence-electron chi connectivity index (χ0n) is 55.7. The summed E-state index contributed by atoms with van der Waals surface area (Å²) in [4.78, 5) is 0. The molecule has 0 saturated heterocycles. The summed E-state index contributed by atoms with van der Waals surface area (Å²) in [5.41, 5.74) is -8.47. The Labute approximate surface area is 346 Å². The second-order valence-electron chi connectivity index (χ2n) is 11.1. The van der Waals surface area contributed by atoms with Crippen LogP contribution in [0.2, 0.25) is 0 Å². The smallest absolute Gasteiger partial charge is 0.469 e. The zero-order chi connectivity index (χ0) is 60.3. The first-order chi connectivity index (χ1) is 38.3. The largest absolute Gasteiger partial charge is 0.546 e. The van der Waals surface area contributed by atoms with E-state index in [1.54, 1.807) is 0 Å². The second kappa shape index (κ2) is 11.6. The summed E-state index contributed by atoms with van der Waals surface area (Å²) in [6, 6.07) is -26.7. The normalized spacial score (nSPS) is 24.0. The highest BCUT2D eigenvalue weighted by Crippen LogP contribution is 2.46. The molecule has 0 bridgehead atoms. The first-order valence-electron chi connectivity index (χ1n) is 30.2. The van der Waals surface area contributed by atoms with Crippen molar-refractivity contribution in [2.24, 2.45) is 0 Å². The van der Waals surface area contributed by atoms with Gasteiger partial charge < -0.3 is 14.0 Å². The minimum Gasteiger partial charge on any atom is -0.546 e. The Morgan fingerprint density at radius 2 is 1.21 bits per heavy atom. The van der Waals surface area contributed by atoms with Gasteiger partial charge in [-0.2, -0.15) is 0 Å². The maximum Gasteiger partial charge on any atom is 0.469 e. The molecule has 244 valence electrons. The molecule has 11 rings (SSSR count). The highest BCUT2D eigenvalue weighted by molar-refractivity contribution is 8.41. The third-order valence-electron chi connectivity index (χ3n) is 8.23. The van der Waals surface area contributed by atoms with Crippen molar-refractivity contribution < 1.29 is 50.5 Å². The van der Waals surface area contributed by atoms with Crippen LogP contribution in [-0.4, -0.2) is 15.8 Å². The van der Waals surface area contributed by atoms with E-state index in [0.29, 0.717) is 0 Å². The first-order valence-corrected chi connectivity index (χ1v) is 16.5. The van der Waals surface area contributed by atoms with Crippen LogP contribution in [0.3, 0.4) is 0 Å². The average Bonchev–Trinajstić information content (AvgIpc) is 1.56. The van der Waals surface area contributed by atoms with Crippen LogP contribution < -0.4 is 14.9 Å². The number of para-hydroxylation sites is 3. The maximum absolute atomic E-state index is 9.97. The molecule has 7 aromatic carbocycles. The predicted octanol–water partition coefficient (Wildman–Crippen LogP) is 11.3. The van der Waals surface area contributed by atoms with Gasteiger partial charge >= 0.3 is 6.19 Å². The topological polar surface area (TPSA) is 23.4 Å². The lowest BCUT2D eigenvalue weighted by atomic mass is 9.75. The van der Waals surface area contributed by atoms with Gasteiger partial charge in [0.15, 0.2) is 0 Å². The number of benzene rings is 7. The van der Waals surface area contributed by atoms with E-state index in [9.17, 15) is 13.7 Å². The third-order valence-corrected chi connectivity index (χ3v) is 9.90. The van der Waals surface area contributed by atoms with Crippen LogP contribution in [0.5, 0.6) is 11.5 Å². The Bertz CT molecular complexity index is 4480. The van der Waals surface area contributed by atoms with E-state index in [2.05, 4.69) is 0 Å². The fraction of sp³-hybridized carbons (Fsp3) is 0. The molecule has 52 heavy (non-hydrogen) atoms. The molecule has 0 spiro atoms. The van der Waals surface area contributed by atoms with Crippen molar-refractivity contribution in [2.75, 3.05) is 0 Å². The van der Waals surface area contributed by atoms with Gasteiger partial charge in [-0.15, -0.1) is 10.3 Å². The lowest BCUT2D eigenvalue weighted by Crippen LogP contribution is -2.44. The van der Waals surface area contributed by atoms with Gasteiger partial charge in [0.2, 0.25) is 0 Å². The Morgan fingerprint density at radius 3 is 2.04 bits per heavy atom. The highest BCUT2D eigenvalue weighted by Gasteiger charge is 2.42. The highest BCUT2D eigenvalue weighted by atomic mass is 32.2. The summed E-state index contributed by atoms with van der Waals surface area (Å²) >= 11 is 0. The van der Waals surface area contributed by atoms with E-state index in [0.717, 1.165) is 4.57 Å². The Kier molecular flexibility index (Phi) is 2.78. The Morgan fingerprint density at radius 1 is 0.538 bits per heavy atom. The SMILES string of the molecule is [2H]C1=C(c2c([2H])c([2H])c([2H])c(-c3c([2H])c([2H])c([2H])c([2H])c3[2H])c2[2H])C([2H])=C([2H])S2=C1Oc1c([2H])c(-c3c([2H])c([2H])c([2H])c(-n4c5c([2H])c([2H])c([2H])c([2H])c5c5c([2H])c([2H])c([2H])c([2H])c54)c3[2H])c([2H])c3c1B2Oc1c([2H])c([2H])c([2H])c([2H])c1-3. The maximum atomic E-state index is 9.97. The van der Waals surface area contributed by atoms with Crippen molar-refractivity contribution in [3.8, 4) is 50.6 Å². The molecule has 0 saturated carbocycles. The van der Waals surface area contributed by atoms with Gasteiger partial charge in [-0.05, 0) is 105 Å². The van der Waals surface area contributed by atoms with E-state index < -0.39 is 291 Å². The van der Waals surface area contributed by atoms with E-state index >= 15 is 0 Å². The number of ether oxygens (including phenoxy) is 1. The summed E-state index contributed by atoms with van der Waals surface area (Å²) in [5.74, 6) is -1.43. The summed E-state index contributed by atoms with van der Waals surface area (Å²) in [6.45, 7) is 0. The quantitative estimate of drug-likeness (QED) is 0.134. The fourth-order valence-corrected chi connectivity index (χ4v) is 7.65. The Balaban J connectivity index is 1.26. The summed E-state index contributed by atoms with van der Waals surface area (Å²) in [6.07, 6.45) is -1.85. The Hall–Kier alpha value is -6.30. The van der Waals surface area contributed by atoms with Crippen LogP contribution in [0, 0.1) is 0 Å². The minimum absolute atomic E-state index is 0.397. The summed E-state index contributed by atoms with van der Waals surface area (Å²) < 4.78 is 283. The number of rotatable bonds is 4. The van der Waals surface area contributed by atoms with Gasteiger partial charge in [0.25, 0.3) is 0 Å². The van der Waals surface area contributed by atoms with Crippen LogP contribution in [0.15, 0.2) is 181 Å². The molecule has 0 amide bonds. The molecule has 0 N–H and O–H groups in total. The van der Waals surface area contributed by atoms with Crippen molar-refractivity contribution in [3.63, 3.8) is 0 Å². The van der Waals surface area contributed by atoms with Crippen LogP contribution in [0.25, 0.3) is 66.4 Å². The molecule has 8 aromatic rings. The lowest BCUT2D eigenvalue weighted by Gasteiger charge is -2.34. The molecular weight excluding hydrogens is 653 g/mol. The molecule has 1 unspecified atom stereocenters. The van der Waals surface area contributed by atoms with Gasteiger partial charge in [0.1, 0.15) is 16.5 Å². The van der Waals surface area contributed by atoms with E-state index in [1.165, 1.54) is 0 Å². The van der Waals surface area contributed by atoms with Crippen LogP contribution in [0.4, 0.5) is 0 Å². The van der Waals surface area contributed by atoms with Crippen molar-refractivity contribution in [1.82, 2.24) is 4.57 Å². The van der Waals surface area contributed by atoms with E-state index in [1.807, 2.05) is 0 Å². The molecule has 3 nitrogen and oxygen atoms in total. The zero-order valence-corrected chi connectivity index (χ0v) is 26.6. The van der Waals surface area contributed by atoms with E-state index in [-0.39, 0.29) is 0 Å². The van der Waals surface area contributed by atoms with Gasteiger partial charge in [-0.1, -0.05) is 115 Å². The fourth-order valence-electron chi connectivity index (χ4n) is 6.01. The number of aromatic nitrogens is 1.